The first-order chi connectivity index (χ1) is 8.86. The predicted octanol–water partition coefficient (Wildman–Crippen LogP) is 1.96. The average Bonchev–Trinajstić information content (AvgIpc) is 3.02. The smallest absolute Gasteiger partial charge is 0.332 e. The minimum atomic E-state index is -2.65. The second kappa shape index (κ2) is 5.27. The summed E-state index contributed by atoms with van der Waals surface area (Å²) in [6, 6.07) is 0. The Morgan fingerprint density at radius 2 is 1.84 bits per heavy atom. The third kappa shape index (κ3) is 2.71. The van der Waals surface area contributed by atoms with Crippen LogP contribution in [0.3, 0.4) is 0 Å². The molecule has 1 heterocycles. The lowest BCUT2D eigenvalue weighted by atomic mass is 9.87. The number of rotatable bonds is 1. The summed E-state index contributed by atoms with van der Waals surface area (Å²) >= 11 is 0. The summed E-state index contributed by atoms with van der Waals surface area (Å²) in [5, 5.41) is 0.0937. The Labute approximate surface area is 115 Å². The maximum absolute atomic E-state index is 11.6. The van der Waals surface area contributed by atoms with E-state index in [1.807, 2.05) is 0 Å². The van der Waals surface area contributed by atoms with Gasteiger partial charge in [0.2, 0.25) is 0 Å². The minimum Gasteiger partial charge on any atom is -0.466 e. The van der Waals surface area contributed by atoms with E-state index < -0.39 is 9.84 Å². The van der Waals surface area contributed by atoms with Crippen LogP contribution in [-0.2, 0) is 19.4 Å². The van der Waals surface area contributed by atoms with Crippen molar-refractivity contribution in [2.24, 2.45) is 17.8 Å². The van der Waals surface area contributed by atoms with E-state index in [1.54, 1.807) is 6.92 Å². The van der Waals surface area contributed by atoms with Gasteiger partial charge in [-0.3, -0.25) is 0 Å². The fourth-order valence-electron chi connectivity index (χ4n) is 3.93. The Hall–Kier alpha value is -0.840. The van der Waals surface area contributed by atoms with Gasteiger partial charge in [-0.2, -0.15) is 0 Å². The number of fused-ring (bicyclic) bond motifs is 5. The van der Waals surface area contributed by atoms with Crippen molar-refractivity contribution in [3.63, 3.8) is 0 Å². The van der Waals surface area contributed by atoms with Crippen LogP contribution >= 0.6 is 0 Å². The molecule has 3 aliphatic rings. The molecule has 3 rings (SSSR count). The zero-order chi connectivity index (χ0) is 14.2. The first-order valence-corrected chi connectivity index (χ1v) is 8.53. The summed E-state index contributed by atoms with van der Waals surface area (Å²) < 4.78 is 27.5. The van der Waals surface area contributed by atoms with Gasteiger partial charge in [0.1, 0.15) is 0 Å². The third-order valence-electron chi connectivity index (χ3n) is 4.69. The average molecular weight is 286 g/mol. The second-order valence-electron chi connectivity index (χ2n) is 5.89. The predicted molar refractivity (Wildman–Crippen MR) is 73.3 cm³/mol. The number of carbonyl (C=O) groups excluding carboxylic acids is 1. The van der Waals surface area contributed by atoms with E-state index >= 15 is 0 Å². The molecule has 4 unspecified atom stereocenters. The topological polar surface area (TPSA) is 60.4 Å². The van der Waals surface area contributed by atoms with Gasteiger partial charge >= 0.3 is 5.97 Å². The molecule has 0 radical (unpaired) electrons. The lowest BCUT2D eigenvalue weighted by Crippen LogP contribution is -2.28. The summed E-state index contributed by atoms with van der Waals surface area (Å²) in [7, 11) is -1.32. The highest BCUT2D eigenvalue weighted by Crippen LogP contribution is 2.55. The Kier molecular flexibility index (Phi) is 4.04. The van der Waals surface area contributed by atoms with E-state index in [4.69, 9.17) is 0 Å². The van der Waals surface area contributed by atoms with Gasteiger partial charge in [0.25, 0.3) is 0 Å². The van der Waals surface area contributed by atoms with Crippen molar-refractivity contribution in [2.45, 2.75) is 37.9 Å². The van der Waals surface area contributed by atoms with E-state index in [1.165, 1.54) is 26.4 Å². The standard InChI is InChI=1S/C9H14O2S.C5H8O2/c10-12(11)4-3-8-6-1-2-7(5-6)9(8)12;1-4(2)5(6)7-3/h6-9H,1-5H2;1H2,2-3H3. The Balaban J connectivity index is 0.000000167. The van der Waals surface area contributed by atoms with Gasteiger partial charge in [0.05, 0.1) is 18.1 Å². The molecule has 3 fully saturated rings. The van der Waals surface area contributed by atoms with Crippen LogP contribution < -0.4 is 0 Å². The first-order valence-electron chi connectivity index (χ1n) is 6.82. The van der Waals surface area contributed by atoms with Crippen LogP contribution in [0.25, 0.3) is 0 Å². The van der Waals surface area contributed by atoms with Crippen LogP contribution in [0.4, 0.5) is 0 Å². The van der Waals surface area contributed by atoms with Crippen molar-refractivity contribution < 1.29 is 17.9 Å². The number of carbonyl (C=O) groups is 1. The van der Waals surface area contributed by atoms with Crippen LogP contribution in [0, 0.1) is 17.8 Å². The van der Waals surface area contributed by atoms with Gasteiger partial charge in [0, 0.05) is 5.57 Å². The molecule has 4 atom stereocenters. The monoisotopic (exact) mass is 286 g/mol. The normalized spacial score (nSPS) is 37.2. The molecule has 2 saturated carbocycles. The van der Waals surface area contributed by atoms with E-state index in [9.17, 15) is 13.2 Å². The van der Waals surface area contributed by atoms with Crippen molar-refractivity contribution in [1.29, 1.82) is 0 Å². The van der Waals surface area contributed by atoms with Crippen molar-refractivity contribution in [1.82, 2.24) is 0 Å². The highest BCUT2D eigenvalue weighted by atomic mass is 32.2. The van der Waals surface area contributed by atoms with Crippen LogP contribution in [0.5, 0.6) is 0 Å². The molecule has 1 saturated heterocycles. The molecular weight excluding hydrogens is 264 g/mol. The molecule has 2 aliphatic carbocycles. The van der Waals surface area contributed by atoms with Gasteiger partial charge in [-0.25, -0.2) is 13.2 Å². The Bertz CT molecular complexity index is 480. The maximum atomic E-state index is 11.6. The van der Waals surface area contributed by atoms with E-state index in [-0.39, 0.29) is 11.2 Å². The van der Waals surface area contributed by atoms with Crippen molar-refractivity contribution in [3.8, 4) is 0 Å². The van der Waals surface area contributed by atoms with E-state index in [0.717, 1.165) is 12.3 Å². The molecule has 0 aromatic rings. The molecule has 0 aromatic carbocycles. The van der Waals surface area contributed by atoms with Crippen molar-refractivity contribution >= 4 is 15.8 Å². The second-order valence-corrected chi connectivity index (χ2v) is 8.17. The highest BCUT2D eigenvalue weighted by Gasteiger charge is 2.56. The van der Waals surface area contributed by atoms with E-state index in [0.29, 0.717) is 23.2 Å². The largest absolute Gasteiger partial charge is 0.466 e. The number of sulfone groups is 1. The number of methoxy groups -OCH3 is 1. The molecule has 5 heteroatoms. The molecule has 0 aromatic heterocycles. The zero-order valence-electron chi connectivity index (χ0n) is 11.6. The number of ether oxygens (including phenoxy) is 1. The van der Waals surface area contributed by atoms with Crippen LogP contribution in [0.2, 0.25) is 0 Å². The summed E-state index contributed by atoms with van der Waals surface area (Å²) in [6.07, 6.45) is 4.68. The fraction of sp³-hybridized carbons (Fsp3) is 0.786. The first kappa shape index (κ1) is 14.6. The quantitative estimate of drug-likeness (QED) is 0.546. The summed E-state index contributed by atoms with van der Waals surface area (Å²) in [4.78, 5) is 10.2. The number of hydrogen-bond donors (Lipinski definition) is 0. The lowest BCUT2D eigenvalue weighted by molar-refractivity contribution is -0.136. The molecular formula is C14H22O4S. The molecule has 0 spiro atoms. The molecule has 4 nitrogen and oxygen atoms in total. The molecule has 2 bridgehead atoms. The molecule has 1 aliphatic heterocycles. The SMILES string of the molecule is C=C(C)C(=O)OC.O=S1(=O)CCC2C3CCC(C3)C21. The lowest BCUT2D eigenvalue weighted by Gasteiger charge is -2.22. The molecule has 0 amide bonds. The number of hydrogen-bond acceptors (Lipinski definition) is 4. The van der Waals surface area contributed by atoms with Gasteiger partial charge in [-0.15, -0.1) is 0 Å². The summed E-state index contributed by atoms with van der Waals surface area (Å²) in [6.45, 7) is 4.95. The molecule has 0 N–H and O–H groups in total. The van der Waals surface area contributed by atoms with Crippen molar-refractivity contribution in [3.05, 3.63) is 12.2 Å². The Morgan fingerprint density at radius 1 is 1.21 bits per heavy atom. The summed E-state index contributed by atoms with van der Waals surface area (Å²) in [5.41, 5.74) is 0.433. The highest BCUT2D eigenvalue weighted by molar-refractivity contribution is 7.92. The van der Waals surface area contributed by atoms with Crippen molar-refractivity contribution in [2.75, 3.05) is 12.9 Å². The van der Waals surface area contributed by atoms with Gasteiger partial charge in [0.15, 0.2) is 9.84 Å². The van der Waals surface area contributed by atoms with Crippen LogP contribution in [0.1, 0.15) is 32.6 Å². The van der Waals surface area contributed by atoms with Gasteiger partial charge < -0.3 is 4.74 Å². The zero-order valence-corrected chi connectivity index (χ0v) is 12.4. The third-order valence-corrected chi connectivity index (χ3v) is 7.06. The van der Waals surface area contributed by atoms with E-state index in [2.05, 4.69) is 11.3 Å². The number of esters is 1. The maximum Gasteiger partial charge on any atom is 0.332 e. The minimum absolute atomic E-state index is 0.0937. The molecule has 108 valence electrons. The molecule has 19 heavy (non-hydrogen) atoms. The summed E-state index contributed by atoms with van der Waals surface area (Å²) in [5.74, 6) is 2.02. The van der Waals surface area contributed by atoms with Gasteiger partial charge in [-0.05, 0) is 50.4 Å². The fourth-order valence-corrected chi connectivity index (χ4v) is 6.53. The van der Waals surface area contributed by atoms with Gasteiger partial charge in [-0.1, -0.05) is 6.58 Å². The van der Waals surface area contributed by atoms with Crippen LogP contribution in [0.15, 0.2) is 12.2 Å². The Morgan fingerprint density at radius 3 is 2.32 bits per heavy atom. The van der Waals surface area contributed by atoms with Crippen LogP contribution in [-0.4, -0.2) is 32.5 Å².